The van der Waals surface area contributed by atoms with Crippen molar-refractivity contribution >= 4 is 21.7 Å². The van der Waals surface area contributed by atoms with Gasteiger partial charge in [0.2, 0.25) is 5.75 Å². The lowest BCUT2D eigenvalue weighted by molar-refractivity contribution is 0.311. The highest BCUT2D eigenvalue weighted by atomic mass is 16.5. The third kappa shape index (κ3) is 3.05. The van der Waals surface area contributed by atoms with E-state index < -0.39 is 0 Å². The molecule has 0 spiro atoms. The van der Waals surface area contributed by atoms with E-state index in [1.54, 1.807) is 27.5 Å². The van der Waals surface area contributed by atoms with Gasteiger partial charge in [0.25, 0.3) is 0 Å². The van der Waals surface area contributed by atoms with Crippen molar-refractivity contribution in [1.29, 1.82) is 0 Å². The maximum Gasteiger partial charge on any atom is 0.203 e. The van der Waals surface area contributed by atoms with E-state index in [0.717, 1.165) is 27.2 Å². The summed E-state index contributed by atoms with van der Waals surface area (Å²) in [7, 11) is 4.82. The summed E-state index contributed by atoms with van der Waals surface area (Å²) in [4.78, 5) is 4.56. The quantitative estimate of drug-likeness (QED) is 0.444. The molecule has 5 nitrogen and oxygen atoms in total. The molecule has 28 heavy (non-hydrogen) atoms. The average Bonchev–Trinajstić information content (AvgIpc) is 2.76. The van der Waals surface area contributed by atoms with Crippen molar-refractivity contribution < 1.29 is 18.9 Å². The first-order chi connectivity index (χ1) is 13.8. The Morgan fingerprint density at radius 2 is 1.50 bits per heavy atom. The van der Waals surface area contributed by atoms with Gasteiger partial charge in [0, 0.05) is 22.4 Å². The molecule has 1 aromatic heterocycles. The summed E-state index contributed by atoms with van der Waals surface area (Å²) < 4.78 is 23.0. The van der Waals surface area contributed by atoms with Gasteiger partial charge in [-0.25, -0.2) is 0 Å². The highest BCUT2D eigenvalue weighted by Crippen LogP contribution is 2.47. The Bertz CT molecular complexity index is 1130. The maximum atomic E-state index is 6.28. The van der Waals surface area contributed by atoms with E-state index in [9.17, 15) is 0 Å². The SMILES string of the molecule is COc1cc2c(OCc3ccccc3)c3ncccc3cc2c(OC)c1OC. The summed E-state index contributed by atoms with van der Waals surface area (Å²) >= 11 is 0. The fourth-order valence-electron chi connectivity index (χ4n) is 3.39. The summed E-state index contributed by atoms with van der Waals surface area (Å²) in [6.07, 6.45) is 1.77. The van der Waals surface area contributed by atoms with Crippen LogP contribution in [-0.4, -0.2) is 26.3 Å². The lowest BCUT2D eigenvalue weighted by atomic mass is 10.0. The van der Waals surface area contributed by atoms with Crippen LogP contribution in [0.4, 0.5) is 0 Å². The van der Waals surface area contributed by atoms with Gasteiger partial charge in [-0.3, -0.25) is 4.98 Å². The van der Waals surface area contributed by atoms with Crippen molar-refractivity contribution in [3.8, 4) is 23.0 Å². The minimum Gasteiger partial charge on any atom is -0.493 e. The van der Waals surface area contributed by atoms with Crippen LogP contribution in [0.1, 0.15) is 5.56 Å². The predicted molar refractivity (Wildman–Crippen MR) is 110 cm³/mol. The average molecular weight is 375 g/mol. The van der Waals surface area contributed by atoms with Crippen molar-refractivity contribution in [1.82, 2.24) is 4.98 Å². The second-order valence-corrected chi connectivity index (χ2v) is 6.30. The molecule has 0 saturated carbocycles. The minimum absolute atomic E-state index is 0.433. The molecule has 0 amide bonds. The number of hydrogen-bond donors (Lipinski definition) is 0. The molecule has 1 heterocycles. The third-order valence-corrected chi connectivity index (χ3v) is 4.69. The Morgan fingerprint density at radius 1 is 0.750 bits per heavy atom. The van der Waals surface area contributed by atoms with Crippen LogP contribution in [0.25, 0.3) is 21.7 Å². The van der Waals surface area contributed by atoms with Gasteiger partial charge in [-0.1, -0.05) is 36.4 Å². The molecule has 0 unspecified atom stereocenters. The van der Waals surface area contributed by atoms with E-state index >= 15 is 0 Å². The zero-order valence-corrected chi connectivity index (χ0v) is 16.1. The number of fused-ring (bicyclic) bond motifs is 2. The maximum absolute atomic E-state index is 6.28. The molecule has 0 atom stereocenters. The van der Waals surface area contributed by atoms with Crippen LogP contribution in [0.3, 0.4) is 0 Å². The molecule has 0 aliphatic heterocycles. The summed E-state index contributed by atoms with van der Waals surface area (Å²) in [5.41, 5.74) is 1.87. The van der Waals surface area contributed by atoms with Gasteiger partial charge in [-0.05, 0) is 23.8 Å². The topological polar surface area (TPSA) is 49.8 Å². The van der Waals surface area contributed by atoms with Crippen LogP contribution in [-0.2, 0) is 6.61 Å². The molecule has 0 saturated heterocycles. The third-order valence-electron chi connectivity index (χ3n) is 4.69. The van der Waals surface area contributed by atoms with Crippen LogP contribution in [0.5, 0.6) is 23.0 Å². The summed E-state index contributed by atoms with van der Waals surface area (Å²) in [6.45, 7) is 0.433. The Kier molecular flexibility index (Phi) is 4.89. The van der Waals surface area contributed by atoms with Crippen LogP contribution in [0.15, 0.2) is 60.8 Å². The van der Waals surface area contributed by atoms with E-state index in [0.29, 0.717) is 29.6 Å². The molecule has 0 N–H and O–H groups in total. The van der Waals surface area contributed by atoms with Crippen LogP contribution >= 0.6 is 0 Å². The largest absolute Gasteiger partial charge is 0.493 e. The van der Waals surface area contributed by atoms with Crippen LogP contribution < -0.4 is 18.9 Å². The smallest absolute Gasteiger partial charge is 0.203 e. The van der Waals surface area contributed by atoms with Gasteiger partial charge < -0.3 is 18.9 Å². The van der Waals surface area contributed by atoms with Crippen LogP contribution in [0.2, 0.25) is 0 Å². The zero-order valence-electron chi connectivity index (χ0n) is 16.1. The summed E-state index contributed by atoms with van der Waals surface area (Å²) in [5.74, 6) is 2.42. The van der Waals surface area contributed by atoms with Crippen molar-refractivity contribution in [2.24, 2.45) is 0 Å². The van der Waals surface area contributed by atoms with Gasteiger partial charge in [0.1, 0.15) is 12.1 Å². The molecule has 5 heteroatoms. The molecule has 4 rings (SSSR count). The molecule has 0 aliphatic carbocycles. The first-order valence-corrected chi connectivity index (χ1v) is 8.94. The number of hydrogen-bond acceptors (Lipinski definition) is 5. The number of ether oxygens (including phenoxy) is 4. The Hall–Kier alpha value is -3.47. The van der Waals surface area contributed by atoms with Gasteiger partial charge in [0.05, 0.1) is 21.3 Å². The predicted octanol–water partition coefficient (Wildman–Crippen LogP) is 4.99. The Labute approximate surface area is 163 Å². The molecule has 4 aromatic rings. The van der Waals surface area contributed by atoms with Crippen molar-refractivity contribution in [3.05, 3.63) is 66.4 Å². The molecular weight excluding hydrogens is 354 g/mol. The normalized spacial score (nSPS) is 10.8. The van der Waals surface area contributed by atoms with Gasteiger partial charge in [-0.15, -0.1) is 0 Å². The van der Waals surface area contributed by atoms with Crippen molar-refractivity contribution in [3.63, 3.8) is 0 Å². The molecule has 0 fully saturated rings. The van der Waals surface area contributed by atoms with Gasteiger partial charge in [-0.2, -0.15) is 0 Å². The van der Waals surface area contributed by atoms with Crippen molar-refractivity contribution in [2.45, 2.75) is 6.61 Å². The fraction of sp³-hybridized carbons (Fsp3) is 0.174. The number of benzene rings is 3. The highest BCUT2D eigenvalue weighted by molar-refractivity contribution is 6.07. The monoisotopic (exact) mass is 375 g/mol. The standard InChI is InChI=1S/C23H21NO4/c1-25-19-13-18-17(22(26-2)23(19)27-3)12-16-10-7-11-24-20(16)21(18)28-14-15-8-5-4-6-9-15/h4-13H,14H2,1-3H3. The first kappa shape index (κ1) is 17.9. The van der Waals surface area contributed by atoms with E-state index in [1.165, 1.54) is 0 Å². The lowest BCUT2D eigenvalue weighted by Gasteiger charge is -2.18. The number of methoxy groups -OCH3 is 3. The molecule has 0 bridgehead atoms. The first-order valence-electron chi connectivity index (χ1n) is 8.94. The number of rotatable bonds is 6. The Balaban J connectivity index is 1.98. The number of nitrogens with zero attached hydrogens (tertiary/aromatic N) is 1. The van der Waals surface area contributed by atoms with E-state index in [-0.39, 0.29) is 0 Å². The van der Waals surface area contributed by atoms with E-state index in [1.807, 2.05) is 54.6 Å². The molecule has 0 aliphatic rings. The number of aromatic nitrogens is 1. The molecule has 0 radical (unpaired) electrons. The second kappa shape index (κ2) is 7.64. The molecule has 142 valence electrons. The van der Waals surface area contributed by atoms with Gasteiger partial charge in [0.15, 0.2) is 17.2 Å². The fourth-order valence-corrected chi connectivity index (χ4v) is 3.39. The van der Waals surface area contributed by atoms with Crippen LogP contribution in [0, 0.1) is 0 Å². The zero-order chi connectivity index (χ0) is 19.5. The van der Waals surface area contributed by atoms with E-state index in [2.05, 4.69) is 4.98 Å². The van der Waals surface area contributed by atoms with Gasteiger partial charge >= 0.3 is 0 Å². The Morgan fingerprint density at radius 3 is 2.21 bits per heavy atom. The minimum atomic E-state index is 0.433. The highest BCUT2D eigenvalue weighted by Gasteiger charge is 2.20. The number of pyridine rings is 1. The molecular formula is C23H21NO4. The van der Waals surface area contributed by atoms with Crippen molar-refractivity contribution in [2.75, 3.05) is 21.3 Å². The summed E-state index contributed by atoms with van der Waals surface area (Å²) in [5, 5.41) is 2.70. The van der Waals surface area contributed by atoms with E-state index in [4.69, 9.17) is 18.9 Å². The molecule has 3 aromatic carbocycles. The second-order valence-electron chi connectivity index (χ2n) is 6.30. The lowest BCUT2D eigenvalue weighted by Crippen LogP contribution is -2.00. The summed E-state index contributed by atoms with van der Waals surface area (Å²) in [6, 6.07) is 17.9.